The Morgan fingerprint density at radius 3 is 2.50 bits per heavy atom. The van der Waals surface area contributed by atoms with E-state index in [0.717, 1.165) is 6.42 Å². The molecule has 0 aromatic carbocycles. The van der Waals surface area contributed by atoms with E-state index < -0.39 is 0 Å². The maximum atomic E-state index is 3.50. The topological polar surface area (TPSA) is 0 Å². The van der Waals surface area contributed by atoms with Gasteiger partial charge in [0.05, 0.1) is 0 Å². The second kappa shape index (κ2) is 3.38. The van der Waals surface area contributed by atoms with Crippen molar-refractivity contribution in [2.45, 2.75) is 33.1 Å². The Bertz CT molecular complexity index is 183. The van der Waals surface area contributed by atoms with Gasteiger partial charge in [0.15, 0.2) is 0 Å². The van der Waals surface area contributed by atoms with Crippen molar-refractivity contribution in [2.75, 3.05) is 0 Å². The van der Waals surface area contributed by atoms with Gasteiger partial charge in [0.2, 0.25) is 0 Å². The molecule has 10 heavy (non-hydrogen) atoms. The number of halogens is 1. The first-order valence-electron chi connectivity index (χ1n) is 3.70. The summed E-state index contributed by atoms with van der Waals surface area (Å²) in [4.78, 5) is 0. The van der Waals surface area contributed by atoms with Crippen LogP contribution in [0.15, 0.2) is 21.7 Å². The number of rotatable bonds is 0. The lowest BCUT2D eigenvalue weighted by Crippen LogP contribution is -1.92. The summed E-state index contributed by atoms with van der Waals surface area (Å²) in [6.07, 6.45) is 5.87. The molecule has 0 N–H and O–H groups in total. The minimum Gasteiger partial charge on any atom is -0.0769 e. The molecular formula is C9H13Br. The fourth-order valence-corrected chi connectivity index (χ4v) is 1.52. The zero-order chi connectivity index (χ0) is 7.56. The minimum atomic E-state index is 1.16. The zero-order valence-corrected chi connectivity index (χ0v) is 8.16. The summed E-state index contributed by atoms with van der Waals surface area (Å²) >= 11 is 3.50. The summed E-state index contributed by atoms with van der Waals surface area (Å²) in [5, 5.41) is 0. The molecule has 1 aliphatic carbocycles. The molecular weight excluding hydrogens is 188 g/mol. The Hall–Kier alpha value is -0.0400. The first-order chi connectivity index (χ1) is 4.70. The van der Waals surface area contributed by atoms with Crippen LogP contribution in [0.1, 0.15) is 33.1 Å². The Kier molecular flexibility index (Phi) is 2.72. The van der Waals surface area contributed by atoms with Crippen molar-refractivity contribution in [3.05, 3.63) is 21.7 Å². The molecule has 0 saturated heterocycles. The number of allylic oxidation sites excluding steroid dienone is 4. The fraction of sp³-hybridized carbons (Fsp3) is 0.556. The number of hydrogen-bond acceptors (Lipinski definition) is 0. The molecule has 1 aliphatic rings. The van der Waals surface area contributed by atoms with Gasteiger partial charge in [-0.3, -0.25) is 0 Å². The van der Waals surface area contributed by atoms with Gasteiger partial charge in [0.25, 0.3) is 0 Å². The smallest absolute Gasteiger partial charge is 0.00828 e. The first kappa shape index (κ1) is 8.06. The molecule has 1 heteroatoms. The largest absolute Gasteiger partial charge is 0.0769 e. The summed E-state index contributed by atoms with van der Waals surface area (Å²) < 4.78 is 1.37. The SMILES string of the molecule is CC(C)=C1CC=C(Br)CC1. The third kappa shape index (κ3) is 1.98. The summed E-state index contributed by atoms with van der Waals surface area (Å²) in [5.41, 5.74) is 3.11. The monoisotopic (exact) mass is 200 g/mol. The average Bonchev–Trinajstić information content (AvgIpc) is 1.88. The van der Waals surface area contributed by atoms with Crippen LogP contribution >= 0.6 is 15.9 Å². The molecule has 0 amide bonds. The molecule has 0 bridgehead atoms. The van der Waals surface area contributed by atoms with Crippen molar-refractivity contribution >= 4 is 15.9 Å². The van der Waals surface area contributed by atoms with E-state index in [1.54, 1.807) is 5.57 Å². The van der Waals surface area contributed by atoms with Crippen molar-refractivity contribution in [3.8, 4) is 0 Å². The molecule has 0 unspecified atom stereocenters. The lowest BCUT2D eigenvalue weighted by Gasteiger charge is -2.12. The Morgan fingerprint density at radius 2 is 2.10 bits per heavy atom. The maximum absolute atomic E-state index is 3.50. The maximum Gasteiger partial charge on any atom is -0.00828 e. The molecule has 56 valence electrons. The van der Waals surface area contributed by atoms with Crippen molar-refractivity contribution in [2.24, 2.45) is 0 Å². The quantitative estimate of drug-likeness (QED) is 0.523. The highest BCUT2D eigenvalue weighted by molar-refractivity contribution is 9.11. The molecule has 0 nitrogen and oxygen atoms in total. The highest BCUT2D eigenvalue weighted by atomic mass is 79.9. The van der Waals surface area contributed by atoms with Gasteiger partial charge in [-0.1, -0.05) is 33.2 Å². The van der Waals surface area contributed by atoms with E-state index in [1.165, 1.54) is 22.9 Å². The van der Waals surface area contributed by atoms with Crippen LogP contribution in [-0.4, -0.2) is 0 Å². The van der Waals surface area contributed by atoms with Gasteiger partial charge in [0.1, 0.15) is 0 Å². The molecule has 0 aromatic rings. The highest BCUT2D eigenvalue weighted by Gasteiger charge is 2.05. The van der Waals surface area contributed by atoms with Crippen molar-refractivity contribution < 1.29 is 0 Å². The molecule has 0 heterocycles. The van der Waals surface area contributed by atoms with Crippen molar-refractivity contribution in [1.29, 1.82) is 0 Å². The second-order valence-corrected chi connectivity index (χ2v) is 3.98. The van der Waals surface area contributed by atoms with E-state index in [0.29, 0.717) is 0 Å². The van der Waals surface area contributed by atoms with Crippen LogP contribution < -0.4 is 0 Å². The van der Waals surface area contributed by atoms with Gasteiger partial charge in [-0.25, -0.2) is 0 Å². The molecule has 0 aliphatic heterocycles. The Labute approximate surface area is 71.1 Å². The lowest BCUT2D eigenvalue weighted by atomic mass is 9.97. The van der Waals surface area contributed by atoms with Gasteiger partial charge in [-0.2, -0.15) is 0 Å². The van der Waals surface area contributed by atoms with Crippen LogP contribution in [0.3, 0.4) is 0 Å². The minimum absolute atomic E-state index is 1.16. The first-order valence-corrected chi connectivity index (χ1v) is 4.49. The van der Waals surface area contributed by atoms with Gasteiger partial charge < -0.3 is 0 Å². The predicted octanol–water partition coefficient (Wildman–Crippen LogP) is 3.79. The van der Waals surface area contributed by atoms with Crippen LogP contribution in [0.5, 0.6) is 0 Å². The van der Waals surface area contributed by atoms with Gasteiger partial charge >= 0.3 is 0 Å². The average molecular weight is 201 g/mol. The van der Waals surface area contributed by atoms with Crippen LogP contribution in [-0.2, 0) is 0 Å². The van der Waals surface area contributed by atoms with E-state index in [2.05, 4.69) is 35.9 Å². The Morgan fingerprint density at radius 1 is 1.40 bits per heavy atom. The van der Waals surface area contributed by atoms with Crippen LogP contribution in [0, 0.1) is 0 Å². The lowest BCUT2D eigenvalue weighted by molar-refractivity contribution is 0.871. The second-order valence-electron chi connectivity index (χ2n) is 2.96. The molecule has 0 radical (unpaired) electrons. The molecule has 0 fully saturated rings. The summed E-state index contributed by atoms with van der Waals surface area (Å²) in [5.74, 6) is 0. The fourth-order valence-electron chi connectivity index (χ4n) is 1.16. The van der Waals surface area contributed by atoms with Crippen molar-refractivity contribution in [1.82, 2.24) is 0 Å². The molecule has 1 rings (SSSR count). The van der Waals surface area contributed by atoms with Crippen LogP contribution in [0.2, 0.25) is 0 Å². The van der Waals surface area contributed by atoms with E-state index in [4.69, 9.17) is 0 Å². The molecule has 0 atom stereocenters. The van der Waals surface area contributed by atoms with Gasteiger partial charge in [-0.05, 0) is 37.6 Å². The van der Waals surface area contributed by atoms with Crippen LogP contribution in [0.25, 0.3) is 0 Å². The summed E-state index contributed by atoms with van der Waals surface area (Å²) in [6, 6.07) is 0. The highest BCUT2D eigenvalue weighted by Crippen LogP contribution is 2.27. The summed E-state index contributed by atoms with van der Waals surface area (Å²) in [6.45, 7) is 4.39. The molecule has 0 saturated carbocycles. The Balaban J connectivity index is 2.67. The standard InChI is InChI=1S/C9H13Br/c1-7(2)8-3-5-9(10)6-4-8/h5H,3-4,6H2,1-2H3. The van der Waals surface area contributed by atoms with E-state index in [-0.39, 0.29) is 0 Å². The van der Waals surface area contributed by atoms with E-state index in [1.807, 2.05) is 0 Å². The van der Waals surface area contributed by atoms with Gasteiger partial charge in [0, 0.05) is 0 Å². The normalized spacial score (nSPS) is 18.7. The molecule has 0 aromatic heterocycles. The predicted molar refractivity (Wildman–Crippen MR) is 49.2 cm³/mol. The third-order valence-corrected chi connectivity index (χ3v) is 2.66. The summed E-state index contributed by atoms with van der Waals surface area (Å²) in [7, 11) is 0. The molecule has 0 spiro atoms. The zero-order valence-electron chi connectivity index (χ0n) is 6.58. The third-order valence-electron chi connectivity index (χ3n) is 1.94. The van der Waals surface area contributed by atoms with Gasteiger partial charge in [-0.15, -0.1) is 0 Å². The van der Waals surface area contributed by atoms with Crippen molar-refractivity contribution in [3.63, 3.8) is 0 Å². The van der Waals surface area contributed by atoms with E-state index >= 15 is 0 Å². The van der Waals surface area contributed by atoms with E-state index in [9.17, 15) is 0 Å². The number of hydrogen-bond donors (Lipinski definition) is 0. The van der Waals surface area contributed by atoms with Crippen LogP contribution in [0.4, 0.5) is 0 Å².